The molecule has 2 heterocycles. The van der Waals surface area contributed by atoms with E-state index in [1.165, 1.54) is 4.90 Å². The van der Waals surface area contributed by atoms with Crippen LogP contribution in [0.4, 0.5) is 18.0 Å². The lowest BCUT2D eigenvalue weighted by atomic mass is 9.92. The summed E-state index contributed by atoms with van der Waals surface area (Å²) in [6.07, 6.45) is -3.82. The zero-order valence-corrected chi connectivity index (χ0v) is 14.9. The molecule has 2 atom stereocenters. The van der Waals surface area contributed by atoms with Crippen molar-refractivity contribution < 1.29 is 22.8 Å². The Morgan fingerprint density at radius 1 is 1.27 bits per heavy atom. The lowest BCUT2D eigenvalue weighted by molar-refractivity contribution is -0.187. The molecule has 0 radical (unpaired) electrons. The van der Waals surface area contributed by atoms with Gasteiger partial charge in [0.1, 0.15) is 5.54 Å². The highest BCUT2D eigenvalue weighted by Gasteiger charge is 2.50. The van der Waals surface area contributed by atoms with E-state index < -0.39 is 29.6 Å². The SMILES string of the molecule is C[C@]1(c2ccc(Cl)cc2)NC(=O)N(CN2CCC[C@@H](C(F)(F)F)C2)C1=O. The number of hydrogen-bond donors (Lipinski definition) is 1. The topological polar surface area (TPSA) is 52.7 Å². The van der Waals surface area contributed by atoms with Crippen molar-refractivity contribution in [1.82, 2.24) is 15.1 Å². The van der Waals surface area contributed by atoms with Crippen LogP contribution in [0.2, 0.25) is 5.02 Å². The van der Waals surface area contributed by atoms with Crippen molar-refractivity contribution in [1.29, 1.82) is 0 Å². The first-order valence-electron chi connectivity index (χ1n) is 8.30. The molecule has 142 valence electrons. The van der Waals surface area contributed by atoms with Crippen molar-refractivity contribution in [2.75, 3.05) is 19.8 Å². The highest BCUT2D eigenvalue weighted by molar-refractivity contribution is 6.30. The number of alkyl halides is 3. The molecule has 2 fully saturated rings. The molecule has 0 bridgehead atoms. The molecular formula is C17H19ClF3N3O2. The van der Waals surface area contributed by atoms with Gasteiger partial charge in [0.05, 0.1) is 12.6 Å². The Kier molecular flexibility index (Phi) is 4.92. The molecular weight excluding hydrogens is 371 g/mol. The Balaban J connectivity index is 1.74. The van der Waals surface area contributed by atoms with E-state index in [0.29, 0.717) is 23.6 Å². The normalized spacial score (nSPS) is 27.7. The van der Waals surface area contributed by atoms with Crippen LogP contribution in [0.15, 0.2) is 24.3 Å². The summed E-state index contributed by atoms with van der Waals surface area (Å²) in [5, 5.41) is 3.14. The lowest BCUT2D eigenvalue weighted by Crippen LogP contribution is -2.48. The Labute approximate surface area is 154 Å². The van der Waals surface area contributed by atoms with E-state index in [1.54, 1.807) is 31.2 Å². The fourth-order valence-corrected chi connectivity index (χ4v) is 3.58. The summed E-state index contributed by atoms with van der Waals surface area (Å²) in [4.78, 5) is 27.6. The summed E-state index contributed by atoms with van der Waals surface area (Å²) >= 11 is 5.86. The van der Waals surface area contributed by atoms with Crippen molar-refractivity contribution in [2.24, 2.45) is 5.92 Å². The fraction of sp³-hybridized carbons (Fsp3) is 0.529. The smallest absolute Gasteiger partial charge is 0.319 e. The van der Waals surface area contributed by atoms with Crippen LogP contribution >= 0.6 is 11.6 Å². The number of likely N-dealkylation sites (tertiary alicyclic amines) is 1. The molecule has 3 rings (SSSR count). The Morgan fingerprint density at radius 2 is 1.92 bits per heavy atom. The minimum atomic E-state index is -4.27. The number of benzene rings is 1. The van der Waals surface area contributed by atoms with Crippen molar-refractivity contribution in [3.8, 4) is 0 Å². The van der Waals surface area contributed by atoms with Crippen LogP contribution < -0.4 is 5.32 Å². The summed E-state index contributed by atoms with van der Waals surface area (Å²) in [6.45, 7) is 1.63. The third kappa shape index (κ3) is 3.53. The number of carbonyl (C=O) groups excluding carboxylic acids is 2. The average Bonchev–Trinajstić information content (AvgIpc) is 2.79. The minimum Gasteiger partial charge on any atom is -0.319 e. The summed E-state index contributed by atoms with van der Waals surface area (Å²) in [5.41, 5.74) is -0.699. The summed E-state index contributed by atoms with van der Waals surface area (Å²) < 4.78 is 38.9. The van der Waals surface area contributed by atoms with Gasteiger partial charge in [0.2, 0.25) is 0 Å². The molecule has 2 saturated heterocycles. The monoisotopic (exact) mass is 389 g/mol. The Bertz CT molecular complexity index is 710. The predicted molar refractivity (Wildman–Crippen MR) is 89.4 cm³/mol. The largest absolute Gasteiger partial charge is 0.393 e. The van der Waals surface area contributed by atoms with E-state index in [9.17, 15) is 22.8 Å². The first-order chi connectivity index (χ1) is 12.1. The van der Waals surface area contributed by atoms with Gasteiger partial charge < -0.3 is 5.32 Å². The number of nitrogens with zero attached hydrogens (tertiary/aromatic N) is 2. The van der Waals surface area contributed by atoms with Crippen molar-refractivity contribution in [3.05, 3.63) is 34.9 Å². The molecule has 0 aliphatic carbocycles. The van der Waals surface area contributed by atoms with Crippen LogP contribution in [-0.2, 0) is 10.3 Å². The predicted octanol–water partition coefficient (Wildman–Crippen LogP) is 3.34. The summed E-state index contributed by atoms with van der Waals surface area (Å²) in [7, 11) is 0. The van der Waals surface area contributed by atoms with E-state index in [0.717, 1.165) is 4.90 Å². The van der Waals surface area contributed by atoms with E-state index in [-0.39, 0.29) is 19.6 Å². The Morgan fingerprint density at radius 3 is 2.54 bits per heavy atom. The summed E-state index contributed by atoms with van der Waals surface area (Å²) in [6, 6.07) is 5.91. The van der Waals surface area contributed by atoms with Gasteiger partial charge in [0, 0.05) is 11.6 Å². The van der Waals surface area contributed by atoms with Crippen molar-refractivity contribution in [2.45, 2.75) is 31.5 Å². The number of piperidine rings is 1. The van der Waals surface area contributed by atoms with Crippen molar-refractivity contribution in [3.63, 3.8) is 0 Å². The quantitative estimate of drug-likeness (QED) is 0.807. The second-order valence-electron chi connectivity index (χ2n) is 6.89. The lowest BCUT2D eigenvalue weighted by Gasteiger charge is -2.35. The maximum Gasteiger partial charge on any atom is 0.393 e. The number of hydrogen-bond acceptors (Lipinski definition) is 3. The molecule has 9 heteroatoms. The molecule has 0 spiro atoms. The van der Waals surface area contributed by atoms with Gasteiger partial charge in [-0.1, -0.05) is 23.7 Å². The number of nitrogens with one attached hydrogen (secondary N) is 1. The van der Waals surface area contributed by atoms with E-state index >= 15 is 0 Å². The third-order valence-corrected chi connectivity index (χ3v) is 5.26. The third-order valence-electron chi connectivity index (χ3n) is 5.01. The maximum atomic E-state index is 13.0. The van der Waals surface area contributed by atoms with Crippen LogP contribution in [0.1, 0.15) is 25.3 Å². The zero-order chi connectivity index (χ0) is 19.1. The first-order valence-corrected chi connectivity index (χ1v) is 8.68. The number of imide groups is 1. The first kappa shape index (κ1) is 19.0. The van der Waals surface area contributed by atoms with Gasteiger partial charge in [-0.25, -0.2) is 9.69 Å². The standard InChI is InChI=1S/C17H19ClF3N3O2/c1-16(11-4-6-13(18)7-5-11)14(25)24(15(26)22-16)10-23-8-2-3-12(9-23)17(19,20)21/h4-7,12H,2-3,8-10H2,1H3,(H,22,26)/t12-,16-/m1/s1. The molecule has 3 amide bonds. The van der Waals surface area contributed by atoms with Crippen LogP contribution in [0.5, 0.6) is 0 Å². The average molecular weight is 390 g/mol. The highest BCUT2D eigenvalue weighted by Crippen LogP contribution is 2.34. The minimum absolute atomic E-state index is 0.0721. The molecule has 0 saturated carbocycles. The van der Waals surface area contributed by atoms with Gasteiger partial charge in [-0.2, -0.15) is 13.2 Å². The highest BCUT2D eigenvalue weighted by atomic mass is 35.5. The second kappa shape index (κ2) is 6.74. The molecule has 0 unspecified atom stereocenters. The molecule has 1 aromatic rings. The molecule has 26 heavy (non-hydrogen) atoms. The van der Waals surface area contributed by atoms with Gasteiger partial charge in [-0.3, -0.25) is 9.69 Å². The second-order valence-corrected chi connectivity index (χ2v) is 7.33. The van der Waals surface area contributed by atoms with Gasteiger partial charge in [-0.15, -0.1) is 0 Å². The number of halogens is 4. The zero-order valence-electron chi connectivity index (χ0n) is 14.1. The van der Waals surface area contributed by atoms with Crippen LogP contribution in [0, 0.1) is 5.92 Å². The summed E-state index contributed by atoms with van der Waals surface area (Å²) in [5.74, 6) is -1.92. The molecule has 2 aliphatic rings. The van der Waals surface area contributed by atoms with Crippen LogP contribution in [0.3, 0.4) is 0 Å². The molecule has 2 aliphatic heterocycles. The van der Waals surface area contributed by atoms with Gasteiger partial charge >= 0.3 is 12.2 Å². The number of carbonyl (C=O) groups is 2. The van der Waals surface area contributed by atoms with Gasteiger partial charge in [0.15, 0.2) is 0 Å². The molecule has 1 N–H and O–H groups in total. The van der Waals surface area contributed by atoms with E-state index in [2.05, 4.69) is 5.32 Å². The van der Waals surface area contributed by atoms with Gasteiger partial charge in [-0.05, 0) is 44.0 Å². The van der Waals surface area contributed by atoms with Crippen LogP contribution in [-0.4, -0.2) is 47.7 Å². The van der Waals surface area contributed by atoms with Crippen LogP contribution in [0.25, 0.3) is 0 Å². The molecule has 0 aromatic heterocycles. The number of amides is 3. The number of rotatable bonds is 3. The molecule has 5 nitrogen and oxygen atoms in total. The Hall–Kier alpha value is -1.80. The maximum absolute atomic E-state index is 13.0. The molecule has 1 aromatic carbocycles. The number of urea groups is 1. The van der Waals surface area contributed by atoms with Gasteiger partial charge in [0.25, 0.3) is 5.91 Å². The van der Waals surface area contributed by atoms with Crippen molar-refractivity contribution >= 4 is 23.5 Å². The van der Waals surface area contributed by atoms with E-state index in [1.807, 2.05) is 0 Å². The van der Waals surface area contributed by atoms with E-state index in [4.69, 9.17) is 11.6 Å². The fourth-order valence-electron chi connectivity index (χ4n) is 3.46.